The van der Waals surface area contributed by atoms with Crippen LogP contribution in [0.25, 0.3) is 0 Å². The van der Waals surface area contributed by atoms with Gasteiger partial charge in [-0.1, -0.05) is 64.7 Å². The van der Waals surface area contributed by atoms with Crippen LogP contribution in [0.4, 0.5) is 0 Å². The zero-order valence-corrected chi connectivity index (χ0v) is 17.7. The molecule has 0 saturated carbocycles. The van der Waals surface area contributed by atoms with Gasteiger partial charge in [-0.2, -0.15) is 0 Å². The summed E-state index contributed by atoms with van der Waals surface area (Å²) in [6, 6.07) is 0. The highest BCUT2D eigenvalue weighted by Gasteiger charge is 2.15. The summed E-state index contributed by atoms with van der Waals surface area (Å²) in [4.78, 5) is 5.08. The van der Waals surface area contributed by atoms with Crippen LogP contribution in [0.3, 0.4) is 0 Å². The fraction of sp³-hybridized carbons (Fsp3) is 1.00. The van der Waals surface area contributed by atoms with Crippen LogP contribution in [0.2, 0.25) is 0 Å². The summed E-state index contributed by atoms with van der Waals surface area (Å²) in [6.45, 7) is 12.0. The number of hydrogen-bond donors (Lipinski definition) is 2. The van der Waals surface area contributed by atoms with Crippen LogP contribution in [0.15, 0.2) is 0 Å². The first-order valence-corrected chi connectivity index (χ1v) is 11.6. The zero-order valence-electron chi connectivity index (χ0n) is 17.7. The molecule has 0 bridgehead atoms. The molecule has 0 radical (unpaired) electrons. The molecule has 1 saturated heterocycles. The van der Waals surface area contributed by atoms with Crippen molar-refractivity contribution in [2.75, 3.05) is 59.0 Å². The molecule has 0 aromatic rings. The van der Waals surface area contributed by atoms with Crippen molar-refractivity contribution in [1.82, 2.24) is 15.1 Å². The normalized spacial score (nSPS) is 16.4. The van der Waals surface area contributed by atoms with E-state index in [1.807, 2.05) is 0 Å². The van der Waals surface area contributed by atoms with Crippen LogP contribution in [0.1, 0.15) is 84.0 Å². The molecule has 0 aliphatic carbocycles. The molecular formula is C22H47N3O. The van der Waals surface area contributed by atoms with E-state index >= 15 is 0 Å². The lowest BCUT2D eigenvalue weighted by atomic mass is 10.1. The van der Waals surface area contributed by atoms with E-state index in [2.05, 4.69) is 22.0 Å². The molecule has 1 aliphatic heterocycles. The molecule has 26 heavy (non-hydrogen) atoms. The number of piperazine rings is 1. The highest BCUT2D eigenvalue weighted by atomic mass is 16.3. The van der Waals surface area contributed by atoms with Gasteiger partial charge in [0, 0.05) is 39.3 Å². The van der Waals surface area contributed by atoms with Gasteiger partial charge in [0.05, 0.1) is 0 Å². The molecule has 0 spiro atoms. The Hall–Kier alpha value is -0.160. The summed E-state index contributed by atoms with van der Waals surface area (Å²) < 4.78 is 0. The predicted octanol–water partition coefficient (Wildman–Crippen LogP) is 3.89. The van der Waals surface area contributed by atoms with Gasteiger partial charge in [-0.05, 0) is 38.9 Å². The Labute approximate surface area is 163 Å². The Morgan fingerprint density at radius 3 is 1.62 bits per heavy atom. The van der Waals surface area contributed by atoms with Gasteiger partial charge in [0.1, 0.15) is 0 Å². The molecule has 0 amide bonds. The monoisotopic (exact) mass is 369 g/mol. The van der Waals surface area contributed by atoms with Gasteiger partial charge in [-0.15, -0.1) is 0 Å². The van der Waals surface area contributed by atoms with Crippen LogP contribution in [-0.4, -0.2) is 73.9 Å². The first-order chi connectivity index (χ1) is 12.9. The van der Waals surface area contributed by atoms with Crippen molar-refractivity contribution >= 4 is 0 Å². The van der Waals surface area contributed by atoms with Gasteiger partial charge >= 0.3 is 0 Å². The first kappa shape index (κ1) is 23.9. The van der Waals surface area contributed by atoms with Crippen molar-refractivity contribution in [2.45, 2.75) is 84.0 Å². The first-order valence-electron chi connectivity index (χ1n) is 11.6. The topological polar surface area (TPSA) is 38.7 Å². The van der Waals surface area contributed by atoms with Crippen molar-refractivity contribution in [1.29, 1.82) is 0 Å². The third-order valence-corrected chi connectivity index (χ3v) is 5.63. The number of rotatable bonds is 18. The van der Waals surface area contributed by atoms with E-state index in [-0.39, 0.29) is 0 Å². The molecule has 0 aromatic carbocycles. The lowest BCUT2D eigenvalue weighted by Gasteiger charge is -2.34. The summed E-state index contributed by atoms with van der Waals surface area (Å²) >= 11 is 0. The van der Waals surface area contributed by atoms with Gasteiger partial charge in [-0.25, -0.2) is 0 Å². The van der Waals surface area contributed by atoms with E-state index in [4.69, 9.17) is 5.11 Å². The third-order valence-electron chi connectivity index (χ3n) is 5.63. The van der Waals surface area contributed by atoms with Crippen molar-refractivity contribution < 1.29 is 5.11 Å². The molecule has 1 aliphatic rings. The van der Waals surface area contributed by atoms with E-state index in [0.29, 0.717) is 6.61 Å². The van der Waals surface area contributed by atoms with Crippen molar-refractivity contribution in [3.63, 3.8) is 0 Å². The molecule has 1 fully saturated rings. The minimum atomic E-state index is 0.324. The molecule has 0 aromatic heterocycles. The van der Waals surface area contributed by atoms with E-state index in [1.165, 1.54) is 116 Å². The molecule has 156 valence electrons. The molecule has 4 heteroatoms. The number of nitrogens with zero attached hydrogens (tertiary/aromatic N) is 2. The summed E-state index contributed by atoms with van der Waals surface area (Å²) in [5.74, 6) is 0. The maximum Gasteiger partial charge on any atom is 0.0443 e. The minimum Gasteiger partial charge on any atom is -0.396 e. The van der Waals surface area contributed by atoms with E-state index < -0.39 is 0 Å². The largest absolute Gasteiger partial charge is 0.396 e. The SMILES string of the molecule is CCCCCCCCCCCCNCCCN1CCN(CCCO)CC1. The molecular weight excluding hydrogens is 322 g/mol. The van der Waals surface area contributed by atoms with E-state index in [9.17, 15) is 0 Å². The van der Waals surface area contributed by atoms with Crippen LogP contribution in [0.5, 0.6) is 0 Å². The summed E-state index contributed by atoms with van der Waals surface area (Å²) in [5, 5.41) is 12.5. The quantitative estimate of drug-likeness (QED) is 0.360. The molecule has 2 N–H and O–H groups in total. The molecule has 0 unspecified atom stereocenters. The lowest BCUT2D eigenvalue weighted by molar-refractivity contribution is 0.123. The fourth-order valence-corrected chi connectivity index (χ4v) is 3.82. The average Bonchev–Trinajstić information content (AvgIpc) is 2.67. The summed E-state index contributed by atoms with van der Waals surface area (Å²) in [5.41, 5.74) is 0. The maximum absolute atomic E-state index is 8.90. The van der Waals surface area contributed by atoms with Crippen LogP contribution in [-0.2, 0) is 0 Å². The third kappa shape index (κ3) is 14.0. The lowest BCUT2D eigenvalue weighted by Crippen LogP contribution is -2.47. The predicted molar refractivity (Wildman–Crippen MR) is 114 cm³/mol. The van der Waals surface area contributed by atoms with Gasteiger partial charge in [0.2, 0.25) is 0 Å². The molecule has 0 atom stereocenters. The average molecular weight is 370 g/mol. The second-order valence-corrected chi connectivity index (χ2v) is 8.05. The number of aliphatic hydroxyl groups excluding tert-OH is 1. The van der Waals surface area contributed by atoms with Crippen molar-refractivity contribution in [3.05, 3.63) is 0 Å². The second-order valence-electron chi connectivity index (χ2n) is 8.05. The summed E-state index contributed by atoms with van der Waals surface area (Å²) in [7, 11) is 0. The van der Waals surface area contributed by atoms with Gasteiger partial charge in [0.15, 0.2) is 0 Å². The Balaban J connectivity index is 1.75. The van der Waals surface area contributed by atoms with Crippen molar-refractivity contribution in [3.8, 4) is 0 Å². The number of nitrogens with one attached hydrogen (secondary N) is 1. The highest BCUT2D eigenvalue weighted by Crippen LogP contribution is 2.10. The fourth-order valence-electron chi connectivity index (χ4n) is 3.82. The van der Waals surface area contributed by atoms with Crippen LogP contribution in [0, 0.1) is 0 Å². The number of hydrogen-bond acceptors (Lipinski definition) is 4. The highest BCUT2D eigenvalue weighted by molar-refractivity contribution is 4.72. The van der Waals surface area contributed by atoms with Crippen molar-refractivity contribution in [2.24, 2.45) is 0 Å². The Kier molecular flexibility index (Phi) is 16.7. The Bertz CT molecular complexity index is 281. The Morgan fingerprint density at radius 1 is 0.615 bits per heavy atom. The van der Waals surface area contributed by atoms with Gasteiger partial charge < -0.3 is 20.2 Å². The zero-order chi connectivity index (χ0) is 18.7. The second kappa shape index (κ2) is 18.2. The minimum absolute atomic E-state index is 0.324. The maximum atomic E-state index is 8.90. The van der Waals surface area contributed by atoms with Gasteiger partial charge in [-0.3, -0.25) is 0 Å². The Morgan fingerprint density at radius 2 is 1.08 bits per heavy atom. The number of unbranched alkanes of at least 4 members (excludes halogenated alkanes) is 9. The summed E-state index contributed by atoms with van der Waals surface area (Å²) in [6.07, 6.45) is 16.4. The van der Waals surface area contributed by atoms with Crippen LogP contribution < -0.4 is 5.32 Å². The van der Waals surface area contributed by atoms with E-state index in [0.717, 1.165) is 13.0 Å². The molecule has 4 nitrogen and oxygen atoms in total. The number of aliphatic hydroxyl groups is 1. The molecule has 1 rings (SSSR count). The molecule has 1 heterocycles. The standard InChI is InChI=1S/C22H47N3O/c1-2-3-4-5-6-7-8-9-10-11-14-23-15-12-16-24-18-20-25(21-19-24)17-13-22-26/h23,26H,2-22H2,1H3. The van der Waals surface area contributed by atoms with Gasteiger partial charge in [0.25, 0.3) is 0 Å². The van der Waals surface area contributed by atoms with Crippen LogP contribution >= 0.6 is 0 Å². The smallest absolute Gasteiger partial charge is 0.0443 e. The van der Waals surface area contributed by atoms with E-state index in [1.54, 1.807) is 0 Å².